The third kappa shape index (κ3) is 3.19. The molecule has 1 atom stereocenters. The summed E-state index contributed by atoms with van der Waals surface area (Å²) in [4.78, 5) is 7.01. The highest BCUT2D eigenvalue weighted by Gasteiger charge is 2.19. The molecule has 1 aromatic rings. The highest BCUT2D eigenvalue weighted by Crippen LogP contribution is 2.23. The predicted octanol–water partition coefficient (Wildman–Crippen LogP) is 2.43. The van der Waals surface area contributed by atoms with E-state index in [0.717, 1.165) is 24.8 Å². The molecule has 17 heavy (non-hydrogen) atoms. The van der Waals surface area contributed by atoms with Crippen LogP contribution in [0.15, 0.2) is 18.3 Å². The minimum atomic E-state index is 0.850. The number of nitrogens with one attached hydrogen (secondary N) is 1. The second-order valence-corrected chi connectivity index (χ2v) is 4.92. The van der Waals surface area contributed by atoms with Gasteiger partial charge in [-0.1, -0.05) is 19.4 Å². The number of nitrogens with zero attached hydrogens (tertiary/aromatic N) is 2. The monoisotopic (exact) mass is 233 g/mol. The molecule has 0 radical (unpaired) electrons. The molecule has 0 amide bonds. The first kappa shape index (κ1) is 12.4. The summed E-state index contributed by atoms with van der Waals surface area (Å²) in [5, 5.41) is 3.15. The minimum Gasteiger partial charge on any atom is -0.356 e. The van der Waals surface area contributed by atoms with Crippen molar-refractivity contribution < 1.29 is 0 Å². The van der Waals surface area contributed by atoms with Gasteiger partial charge >= 0.3 is 0 Å². The van der Waals surface area contributed by atoms with Gasteiger partial charge in [-0.25, -0.2) is 4.98 Å². The second kappa shape index (κ2) is 6.01. The van der Waals surface area contributed by atoms with E-state index in [-0.39, 0.29) is 0 Å². The highest BCUT2D eigenvalue weighted by atomic mass is 15.2. The maximum atomic E-state index is 4.58. The average Bonchev–Trinajstić information content (AvgIpc) is 2.40. The maximum absolute atomic E-state index is 4.58. The first-order valence-electron chi connectivity index (χ1n) is 6.68. The van der Waals surface area contributed by atoms with Crippen molar-refractivity contribution in [3.05, 3.63) is 23.9 Å². The number of pyridine rings is 1. The predicted molar refractivity (Wildman–Crippen MR) is 72.2 cm³/mol. The zero-order valence-electron chi connectivity index (χ0n) is 10.9. The number of hydrogen-bond donors (Lipinski definition) is 1. The van der Waals surface area contributed by atoms with Crippen LogP contribution in [-0.4, -0.2) is 25.1 Å². The van der Waals surface area contributed by atoms with Gasteiger partial charge in [0.1, 0.15) is 5.82 Å². The van der Waals surface area contributed by atoms with E-state index in [1.807, 2.05) is 13.2 Å². The Bertz CT molecular complexity index is 334. The summed E-state index contributed by atoms with van der Waals surface area (Å²) in [6.07, 6.45) is 5.96. The maximum Gasteiger partial charge on any atom is 0.128 e. The first-order chi connectivity index (χ1) is 8.33. The third-order valence-electron chi connectivity index (χ3n) is 3.61. The number of hydrogen-bond acceptors (Lipinski definition) is 3. The van der Waals surface area contributed by atoms with Crippen LogP contribution in [0.4, 0.5) is 5.82 Å². The Labute approximate surface area is 104 Å². The smallest absolute Gasteiger partial charge is 0.128 e. The van der Waals surface area contributed by atoms with Crippen molar-refractivity contribution in [1.82, 2.24) is 10.3 Å². The number of piperidine rings is 1. The van der Waals surface area contributed by atoms with Crippen LogP contribution >= 0.6 is 0 Å². The Kier molecular flexibility index (Phi) is 4.37. The largest absolute Gasteiger partial charge is 0.356 e. The van der Waals surface area contributed by atoms with Crippen LogP contribution in [0.2, 0.25) is 0 Å². The van der Waals surface area contributed by atoms with Crippen LogP contribution in [0.3, 0.4) is 0 Å². The summed E-state index contributed by atoms with van der Waals surface area (Å²) >= 11 is 0. The van der Waals surface area contributed by atoms with Crippen molar-refractivity contribution in [2.45, 2.75) is 32.7 Å². The van der Waals surface area contributed by atoms with Gasteiger partial charge < -0.3 is 10.2 Å². The van der Waals surface area contributed by atoms with Crippen molar-refractivity contribution in [3.8, 4) is 0 Å². The summed E-state index contributed by atoms with van der Waals surface area (Å²) < 4.78 is 0. The molecule has 0 aromatic carbocycles. The highest BCUT2D eigenvalue weighted by molar-refractivity contribution is 5.39. The van der Waals surface area contributed by atoms with Gasteiger partial charge in [0.25, 0.3) is 0 Å². The lowest BCUT2D eigenvalue weighted by Gasteiger charge is -2.33. The summed E-state index contributed by atoms with van der Waals surface area (Å²) in [6.45, 7) is 5.52. The van der Waals surface area contributed by atoms with Gasteiger partial charge in [-0.2, -0.15) is 0 Å². The molecule has 2 heterocycles. The molecule has 0 aliphatic carbocycles. The molecular formula is C14H23N3. The minimum absolute atomic E-state index is 0.850. The molecule has 0 saturated carbocycles. The summed E-state index contributed by atoms with van der Waals surface area (Å²) in [5.41, 5.74) is 1.25. The molecule has 0 bridgehead atoms. The molecule has 1 saturated heterocycles. The van der Waals surface area contributed by atoms with Gasteiger partial charge in [-0.05, 0) is 37.4 Å². The molecule has 1 aliphatic rings. The van der Waals surface area contributed by atoms with Crippen molar-refractivity contribution in [2.24, 2.45) is 5.92 Å². The Hall–Kier alpha value is -1.09. The Balaban J connectivity index is 2.01. The van der Waals surface area contributed by atoms with Crippen molar-refractivity contribution in [2.75, 3.05) is 25.0 Å². The summed E-state index contributed by atoms with van der Waals surface area (Å²) in [7, 11) is 1.96. The first-order valence-corrected chi connectivity index (χ1v) is 6.68. The average molecular weight is 233 g/mol. The zero-order chi connectivity index (χ0) is 12.1. The van der Waals surface area contributed by atoms with Gasteiger partial charge in [0.05, 0.1) is 0 Å². The van der Waals surface area contributed by atoms with Gasteiger partial charge in [-0.15, -0.1) is 0 Å². The van der Waals surface area contributed by atoms with E-state index in [1.54, 1.807) is 0 Å². The Morgan fingerprint density at radius 2 is 2.35 bits per heavy atom. The van der Waals surface area contributed by atoms with E-state index in [2.05, 4.69) is 34.3 Å². The molecule has 1 N–H and O–H groups in total. The summed E-state index contributed by atoms with van der Waals surface area (Å²) in [5.74, 6) is 1.99. The molecule has 1 fully saturated rings. The SMILES string of the molecule is CCC1CCCN(c2ccc(CNC)cn2)C1. The van der Waals surface area contributed by atoms with Crippen LogP contribution in [0.1, 0.15) is 31.7 Å². The fourth-order valence-corrected chi connectivity index (χ4v) is 2.52. The lowest BCUT2D eigenvalue weighted by Crippen LogP contribution is -2.35. The lowest BCUT2D eigenvalue weighted by atomic mass is 9.96. The molecule has 1 aromatic heterocycles. The zero-order valence-corrected chi connectivity index (χ0v) is 10.9. The number of aromatic nitrogens is 1. The summed E-state index contributed by atoms with van der Waals surface area (Å²) in [6, 6.07) is 4.33. The van der Waals surface area contributed by atoms with E-state index >= 15 is 0 Å². The number of rotatable bonds is 4. The van der Waals surface area contributed by atoms with E-state index in [4.69, 9.17) is 0 Å². The normalized spacial score (nSPS) is 20.6. The fourth-order valence-electron chi connectivity index (χ4n) is 2.52. The quantitative estimate of drug-likeness (QED) is 0.865. The Morgan fingerprint density at radius 1 is 1.47 bits per heavy atom. The molecule has 3 nitrogen and oxygen atoms in total. The van der Waals surface area contributed by atoms with E-state index in [0.29, 0.717) is 0 Å². The van der Waals surface area contributed by atoms with Crippen molar-refractivity contribution >= 4 is 5.82 Å². The topological polar surface area (TPSA) is 28.2 Å². The molecule has 0 spiro atoms. The van der Waals surface area contributed by atoms with Crippen molar-refractivity contribution in [1.29, 1.82) is 0 Å². The van der Waals surface area contributed by atoms with Crippen LogP contribution < -0.4 is 10.2 Å². The molecule has 3 heteroatoms. The van der Waals surface area contributed by atoms with Crippen LogP contribution in [-0.2, 0) is 6.54 Å². The van der Waals surface area contributed by atoms with E-state index in [9.17, 15) is 0 Å². The fraction of sp³-hybridized carbons (Fsp3) is 0.643. The van der Waals surface area contributed by atoms with Gasteiger partial charge in [0, 0.05) is 25.8 Å². The van der Waals surface area contributed by atoms with Gasteiger partial charge in [0.2, 0.25) is 0 Å². The van der Waals surface area contributed by atoms with Crippen LogP contribution in [0, 0.1) is 5.92 Å². The molecule has 1 unspecified atom stereocenters. The van der Waals surface area contributed by atoms with Crippen LogP contribution in [0.5, 0.6) is 0 Å². The molecule has 94 valence electrons. The van der Waals surface area contributed by atoms with E-state index in [1.165, 1.54) is 31.4 Å². The van der Waals surface area contributed by atoms with Gasteiger partial charge in [-0.3, -0.25) is 0 Å². The standard InChI is InChI=1S/C14H23N3/c1-3-12-5-4-8-17(11-12)14-7-6-13(9-15-2)10-16-14/h6-7,10,12,15H,3-5,8-9,11H2,1-2H3. The third-order valence-corrected chi connectivity index (χ3v) is 3.61. The molecule has 1 aliphatic heterocycles. The second-order valence-electron chi connectivity index (χ2n) is 4.92. The lowest BCUT2D eigenvalue weighted by molar-refractivity contribution is 0.403. The van der Waals surface area contributed by atoms with E-state index < -0.39 is 0 Å². The Morgan fingerprint density at radius 3 is 3.00 bits per heavy atom. The number of anilines is 1. The van der Waals surface area contributed by atoms with Crippen molar-refractivity contribution in [3.63, 3.8) is 0 Å². The van der Waals surface area contributed by atoms with Crippen LogP contribution in [0.25, 0.3) is 0 Å². The molecule has 2 rings (SSSR count). The molecular weight excluding hydrogens is 210 g/mol. The van der Waals surface area contributed by atoms with Gasteiger partial charge in [0.15, 0.2) is 0 Å².